The molecule has 0 radical (unpaired) electrons. The predicted molar refractivity (Wildman–Crippen MR) is 153 cm³/mol. The first-order chi connectivity index (χ1) is 20.0. The Bertz CT molecular complexity index is 1510. The van der Waals surface area contributed by atoms with E-state index in [1.165, 1.54) is 17.8 Å². The highest BCUT2D eigenvalue weighted by Crippen LogP contribution is 2.48. The third-order valence-electron chi connectivity index (χ3n) is 7.44. The fourth-order valence-electron chi connectivity index (χ4n) is 5.18. The van der Waals surface area contributed by atoms with Crippen LogP contribution < -0.4 is 15.2 Å². The predicted octanol–water partition coefficient (Wildman–Crippen LogP) is 3.74. The van der Waals surface area contributed by atoms with Crippen LogP contribution in [0.3, 0.4) is 0 Å². The van der Waals surface area contributed by atoms with Gasteiger partial charge in [-0.2, -0.15) is 5.09 Å². The van der Waals surface area contributed by atoms with Gasteiger partial charge in [-0.3, -0.25) is 18.7 Å². The number of ether oxygens (including phenoxy) is 2. The molecule has 15 heteroatoms. The van der Waals surface area contributed by atoms with Crippen LogP contribution in [0.2, 0.25) is 0 Å². The lowest BCUT2D eigenvalue weighted by Gasteiger charge is -2.27. The smallest absolute Gasteiger partial charge is 0.459 e. The summed E-state index contributed by atoms with van der Waals surface area (Å²) in [5.41, 5.74) is -0.107. The summed E-state index contributed by atoms with van der Waals surface area (Å²) in [6.07, 6.45) is 2.47. The Morgan fingerprint density at radius 3 is 2.74 bits per heavy atom. The molecule has 0 spiro atoms. The summed E-state index contributed by atoms with van der Waals surface area (Å²) in [6.45, 7) is 4.30. The number of benzene rings is 1. The van der Waals surface area contributed by atoms with Crippen LogP contribution in [0.15, 0.2) is 41.5 Å². The van der Waals surface area contributed by atoms with Gasteiger partial charge in [0.1, 0.15) is 40.8 Å². The van der Waals surface area contributed by atoms with E-state index >= 15 is 0 Å². The van der Waals surface area contributed by atoms with Gasteiger partial charge in [0.15, 0.2) is 17.4 Å². The summed E-state index contributed by atoms with van der Waals surface area (Å²) >= 11 is 6.78. The lowest BCUT2D eigenvalue weighted by atomic mass is 9.98. The van der Waals surface area contributed by atoms with Crippen LogP contribution in [0.25, 0.3) is 11.2 Å². The number of hydrogen-bond acceptors (Lipinski definition) is 10. The van der Waals surface area contributed by atoms with Crippen LogP contribution in [0.5, 0.6) is 5.75 Å². The minimum Gasteiger partial charge on any atom is -0.461 e. The Hall–Kier alpha value is -2.80. The Balaban J connectivity index is 1.32. The van der Waals surface area contributed by atoms with Crippen LogP contribution in [0, 0.1) is 6.92 Å². The summed E-state index contributed by atoms with van der Waals surface area (Å²) in [5, 5.41) is 13.8. The lowest BCUT2D eigenvalue weighted by molar-refractivity contribution is -0.152. The van der Waals surface area contributed by atoms with Crippen molar-refractivity contribution in [2.45, 2.75) is 88.3 Å². The van der Waals surface area contributed by atoms with E-state index in [4.69, 9.17) is 30.1 Å². The van der Waals surface area contributed by atoms with Gasteiger partial charge in [-0.1, -0.05) is 24.6 Å². The molecule has 0 bridgehead atoms. The van der Waals surface area contributed by atoms with E-state index in [9.17, 15) is 19.3 Å². The number of H-pyrrole nitrogens is 1. The number of esters is 1. The molecule has 1 saturated carbocycles. The molecule has 13 nitrogen and oxygen atoms in total. The Labute approximate surface area is 247 Å². The van der Waals surface area contributed by atoms with Crippen LogP contribution in [-0.4, -0.2) is 66.4 Å². The number of aromatic amines is 1. The number of aryl methyl sites for hydroxylation is 1. The molecule has 2 fully saturated rings. The van der Waals surface area contributed by atoms with E-state index in [-0.39, 0.29) is 23.0 Å². The van der Waals surface area contributed by atoms with Gasteiger partial charge >= 0.3 is 13.7 Å². The summed E-state index contributed by atoms with van der Waals surface area (Å²) in [7, 11) is -4.22. The highest BCUT2D eigenvalue weighted by molar-refractivity contribution is 7.52. The van der Waals surface area contributed by atoms with E-state index in [2.05, 4.69) is 20.0 Å². The van der Waals surface area contributed by atoms with Crippen molar-refractivity contribution in [3.8, 4) is 5.75 Å². The fraction of sp³-hybridized carbons (Fsp3) is 0.556. The number of alkyl halides is 1. The number of aliphatic hydroxyl groups excluding tert-OH is 1. The molecular formula is C27H35ClN5O8P. The number of carbonyl (C=O) groups is 1. The van der Waals surface area contributed by atoms with Crippen molar-refractivity contribution in [1.29, 1.82) is 0 Å². The van der Waals surface area contributed by atoms with E-state index in [0.29, 0.717) is 5.82 Å². The summed E-state index contributed by atoms with van der Waals surface area (Å²) in [5.74, 6) is 0.0357. The zero-order valence-corrected chi connectivity index (χ0v) is 25.2. The highest BCUT2D eigenvalue weighted by Gasteiger charge is 2.54. The maximum atomic E-state index is 14.0. The van der Waals surface area contributed by atoms with Gasteiger partial charge in [0.25, 0.3) is 5.56 Å². The SMILES string of the molecule is Cc1nc2c(ncn2[C@@H]2O[C@H](COP(=O)(NC(C)C(=O)OC3CCCCC3)Oc3ccccc3)[C@@H](O)[C@@]2(C)Cl)c(=O)[nH]1. The zero-order chi connectivity index (χ0) is 30.1. The van der Waals surface area contributed by atoms with Gasteiger partial charge in [0.05, 0.1) is 12.9 Å². The molecule has 2 aromatic heterocycles. The number of hydrogen-bond donors (Lipinski definition) is 3. The van der Waals surface area contributed by atoms with E-state index < -0.39 is 55.2 Å². The van der Waals surface area contributed by atoms with Gasteiger partial charge in [-0.25, -0.2) is 14.5 Å². The largest absolute Gasteiger partial charge is 0.461 e. The first kappa shape index (κ1) is 30.7. The van der Waals surface area contributed by atoms with Crippen molar-refractivity contribution in [2.75, 3.05) is 6.61 Å². The number of para-hydroxylation sites is 1. The van der Waals surface area contributed by atoms with E-state index in [1.54, 1.807) is 44.2 Å². The van der Waals surface area contributed by atoms with E-state index in [0.717, 1.165) is 32.1 Å². The van der Waals surface area contributed by atoms with Gasteiger partial charge in [0, 0.05) is 0 Å². The molecule has 42 heavy (non-hydrogen) atoms. The second-order valence-electron chi connectivity index (χ2n) is 10.8. The molecule has 0 amide bonds. The number of nitrogens with one attached hydrogen (secondary N) is 2. The molecule has 1 aromatic carbocycles. The highest BCUT2D eigenvalue weighted by atomic mass is 35.5. The Kier molecular flexibility index (Phi) is 9.08. The van der Waals surface area contributed by atoms with Gasteiger partial charge in [0.2, 0.25) is 0 Å². The topological polar surface area (TPSA) is 167 Å². The normalized spacial score (nSPS) is 27.0. The fourth-order valence-corrected chi connectivity index (χ4v) is 6.98. The van der Waals surface area contributed by atoms with Crippen molar-refractivity contribution in [1.82, 2.24) is 24.6 Å². The average Bonchev–Trinajstić information content (AvgIpc) is 3.46. The molecule has 3 N–H and O–H groups in total. The first-order valence-electron chi connectivity index (χ1n) is 13.9. The summed E-state index contributed by atoms with van der Waals surface area (Å²) < 4.78 is 38.6. The zero-order valence-electron chi connectivity index (χ0n) is 23.6. The molecule has 6 atom stereocenters. The van der Waals surface area contributed by atoms with Crippen LogP contribution >= 0.6 is 19.3 Å². The first-order valence-corrected chi connectivity index (χ1v) is 15.8. The van der Waals surface area contributed by atoms with Crippen LogP contribution in [0.4, 0.5) is 0 Å². The van der Waals surface area contributed by atoms with Crippen LogP contribution in [0.1, 0.15) is 58.0 Å². The van der Waals surface area contributed by atoms with E-state index in [1.807, 2.05) is 0 Å². The number of nitrogens with zero attached hydrogens (tertiary/aromatic N) is 3. The Morgan fingerprint density at radius 1 is 1.31 bits per heavy atom. The van der Waals surface area contributed by atoms with Gasteiger partial charge in [-0.15, -0.1) is 11.6 Å². The summed E-state index contributed by atoms with van der Waals surface area (Å²) in [6, 6.07) is 7.33. The van der Waals surface area contributed by atoms with Crippen molar-refractivity contribution in [3.63, 3.8) is 0 Å². The van der Waals surface area contributed by atoms with Crippen molar-refractivity contribution in [3.05, 3.63) is 52.8 Å². The molecular weight excluding hydrogens is 589 g/mol. The molecule has 3 heterocycles. The second kappa shape index (κ2) is 12.4. The Morgan fingerprint density at radius 2 is 2.02 bits per heavy atom. The molecule has 3 aromatic rings. The maximum absolute atomic E-state index is 14.0. The molecule has 2 unspecified atom stereocenters. The number of imidazole rings is 1. The second-order valence-corrected chi connectivity index (χ2v) is 13.4. The maximum Gasteiger partial charge on any atom is 0.459 e. The standard InChI is InChI=1S/C27H35ClN5O8P/c1-16(25(36)39-18-10-6-4-7-11-18)32-42(37,41-19-12-8-5-9-13-19)38-14-20-22(34)27(3,28)26(40-20)33-15-29-21-23(33)30-17(2)31-24(21)35/h5,8-9,12-13,15-16,18,20,22,26,34H,4,6-7,10-11,14H2,1-3H3,(H,32,37)(H,30,31,35)/t16?,20-,22-,26-,27-,42?/m1/s1. The molecule has 1 aliphatic carbocycles. The molecule has 1 aliphatic heterocycles. The molecule has 228 valence electrons. The molecule has 5 rings (SSSR count). The number of carbonyl (C=O) groups excluding carboxylic acids is 1. The van der Waals surface area contributed by atoms with Gasteiger partial charge in [-0.05, 0) is 58.6 Å². The third kappa shape index (κ3) is 6.56. The number of rotatable bonds is 10. The van der Waals surface area contributed by atoms with Crippen molar-refractivity contribution in [2.24, 2.45) is 0 Å². The van der Waals surface area contributed by atoms with Gasteiger partial charge < -0.3 is 24.1 Å². The number of aliphatic hydroxyl groups is 1. The number of halogens is 1. The van der Waals surface area contributed by atoms with Crippen molar-refractivity contribution >= 4 is 36.5 Å². The molecule has 2 aliphatic rings. The summed E-state index contributed by atoms with van der Waals surface area (Å²) in [4.78, 5) is 34.8. The lowest BCUT2D eigenvalue weighted by Crippen LogP contribution is -2.41. The average molecular weight is 624 g/mol. The van der Waals surface area contributed by atoms with Crippen LogP contribution in [-0.2, 0) is 23.4 Å². The quantitative estimate of drug-likeness (QED) is 0.171. The minimum atomic E-state index is -4.22. The third-order valence-corrected chi connectivity index (χ3v) is 9.49. The molecule has 1 saturated heterocycles. The number of aromatic nitrogens is 4. The number of fused-ring (bicyclic) bond motifs is 1. The monoisotopic (exact) mass is 623 g/mol. The minimum absolute atomic E-state index is 0.0879. The van der Waals surface area contributed by atoms with Crippen molar-refractivity contribution < 1.29 is 33.0 Å².